The lowest BCUT2D eigenvalue weighted by molar-refractivity contribution is 0.567. The highest BCUT2D eigenvalue weighted by Gasteiger charge is 2.31. The quantitative estimate of drug-likeness (QED) is 0.942. The van der Waals surface area contributed by atoms with Gasteiger partial charge in [-0.05, 0) is 31.9 Å². The molecule has 3 rings (SSSR count). The van der Waals surface area contributed by atoms with E-state index in [4.69, 9.17) is 0 Å². The number of benzene rings is 1. The van der Waals surface area contributed by atoms with Gasteiger partial charge in [0, 0.05) is 18.4 Å². The molecule has 1 aromatic heterocycles. The summed E-state index contributed by atoms with van der Waals surface area (Å²) in [5, 5.41) is 2.96. The number of aromatic nitrogens is 2. The van der Waals surface area contributed by atoms with E-state index in [-0.39, 0.29) is 5.25 Å². The Labute approximate surface area is 124 Å². The Morgan fingerprint density at radius 3 is 2.76 bits per heavy atom. The SMILES string of the molecule is Cc1cn(CC2CCCS2(=O)=O)c(Nc2ccccc2)n1. The first kappa shape index (κ1) is 14.1. The number of hydrogen-bond donors (Lipinski definition) is 1. The van der Waals surface area contributed by atoms with Gasteiger partial charge in [0.1, 0.15) is 0 Å². The fraction of sp³-hybridized carbons (Fsp3) is 0.400. The van der Waals surface area contributed by atoms with Crippen molar-refractivity contribution in [3.63, 3.8) is 0 Å². The minimum atomic E-state index is -2.94. The largest absolute Gasteiger partial charge is 0.326 e. The second kappa shape index (κ2) is 5.52. The summed E-state index contributed by atoms with van der Waals surface area (Å²) in [6, 6.07) is 9.77. The Hall–Kier alpha value is -1.82. The van der Waals surface area contributed by atoms with Crippen molar-refractivity contribution in [2.45, 2.75) is 31.6 Å². The van der Waals surface area contributed by atoms with E-state index in [1.807, 2.05) is 48.0 Å². The zero-order valence-corrected chi connectivity index (χ0v) is 12.8. The van der Waals surface area contributed by atoms with Crippen LogP contribution in [0.4, 0.5) is 11.6 Å². The zero-order chi connectivity index (χ0) is 14.9. The maximum atomic E-state index is 12.0. The normalized spacial score (nSPS) is 20.5. The molecule has 0 amide bonds. The number of nitrogens with one attached hydrogen (secondary N) is 1. The first-order valence-corrected chi connectivity index (χ1v) is 8.83. The summed E-state index contributed by atoms with van der Waals surface area (Å²) >= 11 is 0. The third-order valence-electron chi connectivity index (χ3n) is 3.79. The molecule has 0 radical (unpaired) electrons. The van der Waals surface area contributed by atoms with Gasteiger partial charge in [-0.25, -0.2) is 13.4 Å². The van der Waals surface area contributed by atoms with Gasteiger partial charge < -0.3 is 9.88 Å². The van der Waals surface area contributed by atoms with E-state index >= 15 is 0 Å². The molecule has 1 atom stereocenters. The van der Waals surface area contributed by atoms with E-state index in [0.717, 1.165) is 24.2 Å². The summed E-state index contributed by atoms with van der Waals surface area (Å²) in [6.45, 7) is 2.38. The molecule has 0 bridgehead atoms. The molecule has 1 N–H and O–H groups in total. The van der Waals surface area contributed by atoms with Gasteiger partial charge in [0.15, 0.2) is 9.84 Å². The number of aryl methyl sites for hydroxylation is 1. The van der Waals surface area contributed by atoms with Crippen LogP contribution < -0.4 is 5.32 Å². The molecule has 112 valence electrons. The third-order valence-corrected chi connectivity index (χ3v) is 6.05. The molecule has 21 heavy (non-hydrogen) atoms. The highest BCUT2D eigenvalue weighted by molar-refractivity contribution is 7.92. The number of sulfone groups is 1. The van der Waals surface area contributed by atoms with Crippen LogP contribution in [-0.4, -0.2) is 29.0 Å². The maximum absolute atomic E-state index is 12.0. The van der Waals surface area contributed by atoms with Crippen LogP contribution in [0.15, 0.2) is 36.5 Å². The average molecular weight is 305 g/mol. The van der Waals surface area contributed by atoms with Gasteiger partial charge in [-0.1, -0.05) is 18.2 Å². The minimum Gasteiger partial charge on any atom is -0.326 e. The van der Waals surface area contributed by atoms with Crippen LogP contribution in [0.3, 0.4) is 0 Å². The molecule has 1 fully saturated rings. The number of anilines is 2. The average Bonchev–Trinajstić information content (AvgIpc) is 2.94. The van der Waals surface area contributed by atoms with Gasteiger partial charge in [-0.15, -0.1) is 0 Å². The molecule has 0 spiro atoms. The predicted octanol–water partition coefficient (Wildman–Crippen LogP) is 2.51. The number of imidazole rings is 1. The smallest absolute Gasteiger partial charge is 0.207 e. The molecule has 1 aliphatic heterocycles. The third kappa shape index (κ3) is 3.10. The number of para-hydroxylation sites is 1. The van der Waals surface area contributed by atoms with E-state index in [0.29, 0.717) is 18.2 Å². The first-order chi connectivity index (χ1) is 10.0. The van der Waals surface area contributed by atoms with Crippen LogP contribution in [0.2, 0.25) is 0 Å². The molecule has 0 aliphatic carbocycles. The van der Waals surface area contributed by atoms with Crippen molar-refractivity contribution in [1.29, 1.82) is 0 Å². The molecule has 1 aliphatic rings. The topological polar surface area (TPSA) is 64.0 Å². The highest BCUT2D eigenvalue weighted by Crippen LogP contribution is 2.24. The van der Waals surface area contributed by atoms with Gasteiger partial charge in [0.05, 0.1) is 16.7 Å². The highest BCUT2D eigenvalue weighted by atomic mass is 32.2. The lowest BCUT2D eigenvalue weighted by Crippen LogP contribution is -2.22. The Bertz CT molecular complexity index is 723. The minimum absolute atomic E-state index is 0.289. The van der Waals surface area contributed by atoms with Crippen molar-refractivity contribution in [3.05, 3.63) is 42.2 Å². The summed E-state index contributed by atoms with van der Waals surface area (Å²) in [5.74, 6) is 1.01. The van der Waals surface area contributed by atoms with Crippen molar-refractivity contribution in [2.24, 2.45) is 0 Å². The fourth-order valence-electron chi connectivity index (χ4n) is 2.72. The van der Waals surface area contributed by atoms with Crippen LogP contribution in [0.5, 0.6) is 0 Å². The second-order valence-electron chi connectivity index (χ2n) is 5.48. The van der Waals surface area contributed by atoms with Crippen molar-refractivity contribution in [2.75, 3.05) is 11.1 Å². The summed E-state index contributed by atoms with van der Waals surface area (Å²) in [7, 11) is -2.94. The second-order valence-corrected chi connectivity index (χ2v) is 7.88. The molecular weight excluding hydrogens is 286 g/mol. The zero-order valence-electron chi connectivity index (χ0n) is 12.0. The van der Waals surface area contributed by atoms with Crippen LogP contribution in [0, 0.1) is 6.92 Å². The molecule has 6 heteroatoms. The molecule has 2 heterocycles. The van der Waals surface area contributed by atoms with E-state index < -0.39 is 9.84 Å². The predicted molar refractivity (Wildman–Crippen MR) is 83.5 cm³/mol. The fourth-order valence-corrected chi connectivity index (χ4v) is 4.53. The lowest BCUT2D eigenvalue weighted by Gasteiger charge is -2.13. The van der Waals surface area contributed by atoms with E-state index in [2.05, 4.69) is 10.3 Å². The Balaban J connectivity index is 1.83. The Morgan fingerprint density at radius 1 is 1.33 bits per heavy atom. The Morgan fingerprint density at radius 2 is 2.10 bits per heavy atom. The van der Waals surface area contributed by atoms with Gasteiger partial charge in [-0.3, -0.25) is 0 Å². The van der Waals surface area contributed by atoms with Gasteiger partial charge >= 0.3 is 0 Å². The van der Waals surface area contributed by atoms with Gasteiger partial charge in [-0.2, -0.15) is 0 Å². The van der Waals surface area contributed by atoms with Crippen molar-refractivity contribution in [1.82, 2.24) is 9.55 Å². The number of rotatable bonds is 4. The molecule has 5 nitrogen and oxygen atoms in total. The van der Waals surface area contributed by atoms with Gasteiger partial charge in [0.2, 0.25) is 5.95 Å². The number of nitrogens with zero attached hydrogens (tertiary/aromatic N) is 2. The van der Waals surface area contributed by atoms with Gasteiger partial charge in [0.25, 0.3) is 0 Å². The maximum Gasteiger partial charge on any atom is 0.207 e. The standard InChI is InChI=1S/C15H19N3O2S/c1-12-10-18(11-14-8-5-9-21(14,19)20)15(16-12)17-13-6-3-2-4-7-13/h2-4,6-7,10,14H,5,8-9,11H2,1H3,(H,16,17). The summed E-state index contributed by atoms with van der Waals surface area (Å²) in [4.78, 5) is 4.45. The Kier molecular flexibility index (Phi) is 3.71. The van der Waals surface area contributed by atoms with Crippen molar-refractivity contribution < 1.29 is 8.42 Å². The van der Waals surface area contributed by atoms with Crippen LogP contribution >= 0.6 is 0 Å². The molecule has 1 aromatic carbocycles. The summed E-state index contributed by atoms with van der Waals surface area (Å²) < 4.78 is 25.9. The molecule has 1 saturated heterocycles. The van der Waals surface area contributed by atoms with Crippen LogP contribution in [0.1, 0.15) is 18.5 Å². The molecular formula is C15H19N3O2S. The number of hydrogen-bond acceptors (Lipinski definition) is 4. The first-order valence-electron chi connectivity index (χ1n) is 7.12. The molecule has 1 unspecified atom stereocenters. The summed E-state index contributed by atoms with van der Waals surface area (Å²) in [5.41, 5.74) is 1.82. The monoisotopic (exact) mass is 305 g/mol. The lowest BCUT2D eigenvalue weighted by atomic mass is 10.2. The van der Waals surface area contributed by atoms with E-state index in [9.17, 15) is 8.42 Å². The van der Waals surface area contributed by atoms with Crippen molar-refractivity contribution in [3.8, 4) is 0 Å². The molecule has 2 aromatic rings. The van der Waals surface area contributed by atoms with E-state index in [1.54, 1.807) is 0 Å². The molecule has 0 saturated carbocycles. The van der Waals surface area contributed by atoms with Crippen LogP contribution in [-0.2, 0) is 16.4 Å². The van der Waals surface area contributed by atoms with E-state index in [1.165, 1.54) is 0 Å². The van der Waals surface area contributed by atoms with Crippen LogP contribution in [0.25, 0.3) is 0 Å². The summed E-state index contributed by atoms with van der Waals surface area (Å²) in [6.07, 6.45) is 3.41. The van der Waals surface area contributed by atoms with Crippen molar-refractivity contribution >= 4 is 21.5 Å².